The average molecular weight is 312 g/mol. The number of hydrogen-bond donors (Lipinski definition) is 2. The minimum atomic E-state index is -0.476. The smallest absolute Gasteiger partial charge is 0.248 e. The molecule has 0 radical (unpaired) electrons. The lowest BCUT2D eigenvalue weighted by Crippen LogP contribution is -2.30. The number of carbonyl (C=O) groups is 1. The van der Waals surface area contributed by atoms with Gasteiger partial charge in [-0.25, -0.2) is 0 Å². The standard InChI is InChI=1S/C17H20N4O2/c18-17(22)13-5-8-20-16(9-13)15-2-1-14(10-21-15)23-11-12-3-6-19-7-4-12/h1-2,5,8-10,12,19H,3-4,6-7,11H2,(H2,18,22). The van der Waals surface area contributed by atoms with Crippen molar-refractivity contribution in [3.8, 4) is 17.1 Å². The van der Waals surface area contributed by atoms with Gasteiger partial charge in [0.05, 0.1) is 24.2 Å². The maximum Gasteiger partial charge on any atom is 0.248 e. The molecule has 2 aromatic rings. The van der Waals surface area contributed by atoms with E-state index in [1.54, 1.807) is 24.5 Å². The lowest BCUT2D eigenvalue weighted by atomic mass is 9.99. The molecule has 3 heterocycles. The summed E-state index contributed by atoms with van der Waals surface area (Å²) in [6.45, 7) is 2.85. The molecule has 1 saturated heterocycles. The molecule has 3 rings (SSSR count). The molecule has 2 aromatic heterocycles. The molecule has 0 aliphatic carbocycles. The van der Waals surface area contributed by atoms with Crippen molar-refractivity contribution in [2.45, 2.75) is 12.8 Å². The van der Waals surface area contributed by atoms with Crippen LogP contribution in [0.2, 0.25) is 0 Å². The van der Waals surface area contributed by atoms with Crippen molar-refractivity contribution >= 4 is 5.91 Å². The highest BCUT2D eigenvalue weighted by Gasteiger charge is 2.13. The molecule has 0 aromatic carbocycles. The van der Waals surface area contributed by atoms with Gasteiger partial charge in [0.2, 0.25) is 5.91 Å². The highest BCUT2D eigenvalue weighted by molar-refractivity contribution is 5.93. The zero-order valence-electron chi connectivity index (χ0n) is 12.9. The van der Waals surface area contributed by atoms with Gasteiger partial charge in [-0.2, -0.15) is 0 Å². The first-order chi connectivity index (χ1) is 11.2. The Bertz CT molecular complexity index is 667. The summed E-state index contributed by atoms with van der Waals surface area (Å²) in [5, 5.41) is 3.34. The van der Waals surface area contributed by atoms with Crippen LogP contribution in [-0.2, 0) is 0 Å². The Kier molecular flexibility index (Phi) is 4.83. The number of amides is 1. The first kappa shape index (κ1) is 15.4. The lowest BCUT2D eigenvalue weighted by Gasteiger charge is -2.22. The number of hydrogen-bond acceptors (Lipinski definition) is 5. The molecular formula is C17H20N4O2. The fourth-order valence-corrected chi connectivity index (χ4v) is 2.60. The van der Waals surface area contributed by atoms with E-state index in [2.05, 4.69) is 15.3 Å². The molecule has 0 spiro atoms. The van der Waals surface area contributed by atoms with Gasteiger partial charge in [0.25, 0.3) is 0 Å². The summed E-state index contributed by atoms with van der Waals surface area (Å²) >= 11 is 0. The molecule has 0 saturated carbocycles. The van der Waals surface area contributed by atoms with Crippen LogP contribution in [0.5, 0.6) is 5.75 Å². The van der Waals surface area contributed by atoms with Crippen LogP contribution in [-0.4, -0.2) is 35.6 Å². The van der Waals surface area contributed by atoms with E-state index < -0.39 is 5.91 Å². The summed E-state index contributed by atoms with van der Waals surface area (Å²) in [7, 11) is 0. The Morgan fingerprint density at radius 2 is 2.04 bits per heavy atom. The number of nitrogens with zero attached hydrogens (tertiary/aromatic N) is 2. The lowest BCUT2D eigenvalue weighted by molar-refractivity contribution is 0.1000. The molecule has 1 aliphatic rings. The van der Waals surface area contributed by atoms with Crippen LogP contribution in [0.3, 0.4) is 0 Å². The third kappa shape index (κ3) is 4.04. The van der Waals surface area contributed by atoms with Crippen LogP contribution < -0.4 is 15.8 Å². The van der Waals surface area contributed by atoms with Gasteiger partial charge in [0.15, 0.2) is 0 Å². The first-order valence-electron chi connectivity index (χ1n) is 7.78. The van der Waals surface area contributed by atoms with Crippen LogP contribution in [0.15, 0.2) is 36.7 Å². The number of carbonyl (C=O) groups excluding carboxylic acids is 1. The SMILES string of the molecule is NC(=O)c1ccnc(-c2ccc(OCC3CCNCC3)cn2)c1. The van der Waals surface area contributed by atoms with Gasteiger partial charge in [-0.3, -0.25) is 14.8 Å². The summed E-state index contributed by atoms with van der Waals surface area (Å²) in [5.41, 5.74) is 7.00. The Morgan fingerprint density at radius 3 is 2.74 bits per heavy atom. The molecule has 1 aliphatic heterocycles. The summed E-state index contributed by atoms with van der Waals surface area (Å²) in [5.74, 6) is 0.874. The third-order valence-corrected chi connectivity index (χ3v) is 3.99. The second-order valence-corrected chi connectivity index (χ2v) is 5.68. The van der Waals surface area contributed by atoms with Crippen molar-refractivity contribution in [2.24, 2.45) is 11.7 Å². The van der Waals surface area contributed by atoms with Crippen LogP contribution in [0.1, 0.15) is 23.2 Å². The highest BCUT2D eigenvalue weighted by Crippen LogP contribution is 2.20. The Morgan fingerprint density at radius 1 is 1.22 bits per heavy atom. The number of pyridine rings is 2. The van der Waals surface area contributed by atoms with E-state index in [9.17, 15) is 4.79 Å². The summed E-state index contributed by atoms with van der Waals surface area (Å²) in [6, 6.07) is 6.94. The molecule has 120 valence electrons. The number of piperidine rings is 1. The molecular weight excluding hydrogens is 292 g/mol. The van der Waals surface area contributed by atoms with E-state index in [0.717, 1.165) is 38.3 Å². The van der Waals surface area contributed by atoms with E-state index in [-0.39, 0.29) is 0 Å². The second kappa shape index (κ2) is 7.19. The maximum atomic E-state index is 11.2. The fraction of sp³-hybridized carbons (Fsp3) is 0.353. The van der Waals surface area contributed by atoms with E-state index in [1.807, 2.05) is 12.1 Å². The van der Waals surface area contributed by atoms with Crippen molar-refractivity contribution < 1.29 is 9.53 Å². The van der Waals surface area contributed by atoms with Gasteiger partial charge < -0.3 is 15.8 Å². The van der Waals surface area contributed by atoms with E-state index in [1.165, 1.54) is 0 Å². The Labute approximate surface area is 135 Å². The minimum Gasteiger partial charge on any atom is -0.492 e. The molecule has 1 fully saturated rings. The minimum absolute atomic E-state index is 0.419. The van der Waals surface area contributed by atoms with E-state index in [4.69, 9.17) is 10.5 Å². The average Bonchev–Trinajstić information content (AvgIpc) is 2.61. The van der Waals surface area contributed by atoms with Gasteiger partial charge in [-0.1, -0.05) is 0 Å². The van der Waals surface area contributed by atoms with Gasteiger partial charge in [-0.15, -0.1) is 0 Å². The van der Waals surface area contributed by atoms with E-state index in [0.29, 0.717) is 22.9 Å². The van der Waals surface area contributed by atoms with Crippen molar-refractivity contribution in [2.75, 3.05) is 19.7 Å². The summed E-state index contributed by atoms with van der Waals surface area (Å²) in [6.07, 6.45) is 5.54. The zero-order chi connectivity index (χ0) is 16.1. The third-order valence-electron chi connectivity index (χ3n) is 3.99. The van der Waals surface area contributed by atoms with Gasteiger partial charge in [0, 0.05) is 11.8 Å². The second-order valence-electron chi connectivity index (χ2n) is 5.68. The monoisotopic (exact) mass is 312 g/mol. The molecule has 0 unspecified atom stereocenters. The predicted molar refractivity (Wildman–Crippen MR) is 87.1 cm³/mol. The van der Waals surface area contributed by atoms with Crippen molar-refractivity contribution in [1.29, 1.82) is 0 Å². The van der Waals surface area contributed by atoms with Crippen LogP contribution in [0.4, 0.5) is 0 Å². The van der Waals surface area contributed by atoms with Gasteiger partial charge in [-0.05, 0) is 56.1 Å². The predicted octanol–water partition coefficient (Wildman–Crippen LogP) is 1.62. The molecule has 0 bridgehead atoms. The molecule has 3 N–H and O–H groups in total. The number of aromatic nitrogens is 2. The number of primary amides is 1. The molecule has 6 nitrogen and oxygen atoms in total. The van der Waals surface area contributed by atoms with Gasteiger partial charge >= 0.3 is 0 Å². The van der Waals surface area contributed by atoms with Crippen LogP contribution in [0, 0.1) is 5.92 Å². The number of ether oxygens (including phenoxy) is 1. The highest BCUT2D eigenvalue weighted by atomic mass is 16.5. The molecule has 6 heteroatoms. The quantitative estimate of drug-likeness (QED) is 0.875. The zero-order valence-corrected chi connectivity index (χ0v) is 12.9. The Hall–Kier alpha value is -2.47. The number of nitrogens with two attached hydrogens (primary N) is 1. The number of nitrogens with one attached hydrogen (secondary N) is 1. The van der Waals surface area contributed by atoms with Gasteiger partial charge in [0.1, 0.15) is 5.75 Å². The van der Waals surface area contributed by atoms with Crippen molar-refractivity contribution in [3.05, 3.63) is 42.2 Å². The van der Waals surface area contributed by atoms with E-state index >= 15 is 0 Å². The van der Waals surface area contributed by atoms with Crippen molar-refractivity contribution in [1.82, 2.24) is 15.3 Å². The first-order valence-corrected chi connectivity index (χ1v) is 7.78. The summed E-state index contributed by atoms with van der Waals surface area (Å²) in [4.78, 5) is 19.8. The van der Waals surface area contributed by atoms with Crippen LogP contribution in [0.25, 0.3) is 11.4 Å². The topological polar surface area (TPSA) is 90.1 Å². The molecule has 0 atom stereocenters. The molecule has 23 heavy (non-hydrogen) atoms. The normalized spacial score (nSPS) is 15.3. The van der Waals surface area contributed by atoms with Crippen LogP contribution >= 0.6 is 0 Å². The maximum absolute atomic E-state index is 11.2. The summed E-state index contributed by atoms with van der Waals surface area (Å²) < 4.78 is 5.81. The molecule has 1 amide bonds. The largest absolute Gasteiger partial charge is 0.492 e. The van der Waals surface area contributed by atoms with Crippen molar-refractivity contribution in [3.63, 3.8) is 0 Å². The fourth-order valence-electron chi connectivity index (χ4n) is 2.60. The number of rotatable bonds is 5. The Balaban J connectivity index is 1.64.